The highest BCUT2D eigenvalue weighted by Crippen LogP contribution is 2.40. The molecule has 1 saturated heterocycles. The Bertz CT molecular complexity index is 951. The normalized spacial score (nSPS) is 13.9. The molecule has 9 heteroatoms. The number of ether oxygens (including phenoxy) is 3. The quantitative estimate of drug-likeness (QED) is 0.627. The molecule has 1 aliphatic heterocycles. The number of urea groups is 1. The molecule has 0 spiro atoms. The second-order valence-electron chi connectivity index (χ2n) is 7.89. The summed E-state index contributed by atoms with van der Waals surface area (Å²) in [6.07, 6.45) is 1.85. The lowest BCUT2D eigenvalue weighted by Gasteiger charge is -2.31. The number of carbonyl (C=O) groups is 2. The van der Waals surface area contributed by atoms with E-state index in [9.17, 15) is 14.0 Å². The molecule has 8 nitrogen and oxygen atoms in total. The highest BCUT2D eigenvalue weighted by Gasteiger charge is 2.25. The molecule has 0 aromatic heterocycles. The summed E-state index contributed by atoms with van der Waals surface area (Å²) in [5.74, 6) is 1.17. The monoisotopic (exact) mass is 459 g/mol. The van der Waals surface area contributed by atoms with Gasteiger partial charge in [-0.3, -0.25) is 4.79 Å². The largest absolute Gasteiger partial charge is 0.493 e. The van der Waals surface area contributed by atoms with Gasteiger partial charge < -0.3 is 29.7 Å². The van der Waals surface area contributed by atoms with Crippen LogP contribution in [0.4, 0.5) is 14.9 Å². The first-order chi connectivity index (χ1) is 15.9. The van der Waals surface area contributed by atoms with Crippen molar-refractivity contribution in [3.05, 3.63) is 47.8 Å². The lowest BCUT2D eigenvalue weighted by atomic mass is 9.93. The molecule has 1 heterocycles. The van der Waals surface area contributed by atoms with E-state index >= 15 is 0 Å². The third kappa shape index (κ3) is 6.50. The number of nitrogens with one attached hydrogen (secondary N) is 2. The SMILES string of the molecule is COc1cc(NC(=O)N2CCC(CC(=O)NCc3cccc(F)c3)CC2)cc(OC)c1OC. The molecule has 3 amide bonds. The maximum Gasteiger partial charge on any atom is 0.321 e. The van der Waals surface area contributed by atoms with Crippen LogP contribution in [0.2, 0.25) is 0 Å². The van der Waals surface area contributed by atoms with Crippen molar-refractivity contribution < 1.29 is 28.2 Å². The molecule has 178 valence electrons. The van der Waals surface area contributed by atoms with Gasteiger partial charge in [0.05, 0.1) is 27.0 Å². The lowest BCUT2D eigenvalue weighted by Crippen LogP contribution is -2.41. The molecule has 1 aliphatic rings. The van der Waals surface area contributed by atoms with Crippen molar-refractivity contribution in [3.8, 4) is 17.2 Å². The first kappa shape index (κ1) is 24.2. The number of likely N-dealkylation sites (tertiary alicyclic amines) is 1. The molecule has 1 fully saturated rings. The highest BCUT2D eigenvalue weighted by atomic mass is 19.1. The molecule has 3 rings (SSSR count). The molecule has 0 atom stereocenters. The highest BCUT2D eigenvalue weighted by molar-refractivity contribution is 5.90. The van der Waals surface area contributed by atoms with Crippen LogP contribution in [0.5, 0.6) is 17.2 Å². The van der Waals surface area contributed by atoms with E-state index in [-0.39, 0.29) is 23.7 Å². The third-order valence-electron chi connectivity index (χ3n) is 5.67. The summed E-state index contributed by atoms with van der Waals surface area (Å²) < 4.78 is 29.2. The van der Waals surface area contributed by atoms with Gasteiger partial charge in [-0.1, -0.05) is 12.1 Å². The van der Waals surface area contributed by atoms with E-state index in [2.05, 4.69) is 10.6 Å². The Hall–Kier alpha value is -3.49. The van der Waals surface area contributed by atoms with Crippen molar-refractivity contribution in [3.63, 3.8) is 0 Å². The molecule has 0 bridgehead atoms. The van der Waals surface area contributed by atoms with Gasteiger partial charge in [-0.25, -0.2) is 9.18 Å². The molecule has 0 saturated carbocycles. The molecular weight excluding hydrogens is 429 g/mol. The third-order valence-corrected chi connectivity index (χ3v) is 5.67. The van der Waals surface area contributed by atoms with Crippen LogP contribution in [-0.2, 0) is 11.3 Å². The summed E-state index contributed by atoms with van der Waals surface area (Å²) in [6, 6.07) is 9.30. The summed E-state index contributed by atoms with van der Waals surface area (Å²) in [5, 5.41) is 5.71. The summed E-state index contributed by atoms with van der Waals surface area (Å²) in [4.78, 5) is 26.7. The number of benzene rings is 2. The van der Waals surface area contributed by atoms with Crippen LogP contribution < -0.4 is 24.8 Å². The number of methoxy groups -OCH3 is 3. The minimum atomic E-state index is -0.320. The van der Waals surface area contributed by atoms with Crippen molar-refractivity contribution in [2.24, 2.45) is 5.92 Å². The van der Waals surface area contributed by atoms with E-state index in [0.717, 1.165) is 18.4 Å². The predicted octanol–water partition coefficient (Wildman–Crippen LogP) is 3.80. The maximum absolute atomic E-state index is 13.2. The number of amides is 3. The van der Waals surface area contributed by atoms with Crippen molar-refractivity contribution in [1.82, 2.24) is 10.2 Å². The van der Waals surface area contributed by atoms with Gasteiger partial charge in [-0.05, 0) is 36.5 Å². The Morgan fingerprint density at radius 2 is 1.70 bits per heavy atom. The fourth-order valence-electron chi connectivity index (χ4n) is 3.88. The van der Waals surface area contributed by atoms with Crippen LogP contribution >= 0.6 is 0 Å². The molecule has 0 aliphatic carbocycles. The molecule has 2 N–H and O–H groups in total. The summed E-state index contributed by atoms with van der Waals surface area (Å²) in [5.41, 5.74) is 1.26. The van der Waals surface area contributed by atoms with Gasteiger partial charge in [0.15, 0.2) is 11.5 Å². The first-order valence-electron chi connectivity index (χ1n) is 10.8. The molecule has 33 heavy (non-hydrogen) atoms. The topological polar surface area (TPSA) is 89.1 Å². The number of carbonyl (C=O) groups excluding carboxylic acids is 2. The van der Waals surface area contributed by atoms with Crippen molar-refractivity contribution in [1.29, 1.82) is 0 Å². The Balaban J connectivity index is 1.47. The van der Waals surface area contributed by atoms with Crippen LogP contribution in [0.25, 0.3) is 0 Å². The van der Waals surface area contributed by atoms with Gasteiger partial charge in [0.2, 0.25) is 11.7 Å². The number of nitrogens with zero attached hydrogens (tertiary/aromatic N) is 1. The molecule has 2 aromatic carbocycles. The Labute approximate surface area is 193 Å². The van der Waals surface area contributed by atoms with Crippen LogP contribution in [0.15, 0.2) is 36.4 Å². The summed E-state index contributed by atoms with van der Waals surface area (Å²) in [6.45, 7) is 1.41. The van der Waals surface area contributed by atoms with Gasteiger partial charge in [0, 0.05) is 38.2 Å². The van der Waals surface area contributed by atoms with Gasteiger partial charge in [0.1, 0.15) is 5.82 Å². The second kappa shape index (κ2) is 11.4. The smallest absolute Gasteiger partial charge is 0.321 e. The van der Waals surface area contributed by atoms with Crippen LogP contribution in [0, 0.1) is 11.7 Å². The lowest BCUT2D eigenvalue weighted by molar-refractivity contribution is -0.122. The zero-order valence-electron chi connectivity index (χ0n) is 19.2. The van der Waals surface area contributed by atoms with Crippen LogP contribution in [-0.4, -0.2) is 51.3 Å². The predicted molar refractivity (Wildman–Crippen MR) is 122 cm³/mol. The Kier molecular flexibility index (Phi) is 8.34. The fourth-order valence-corrected chi connectivity index (χ4v) is 3.88. The minimum absolute atomic E-state index is 0.0698. The van der Waals surface area contributed by atoms with E-state index in [0.29, 0.717) is 49.0 Å². The number of hydrogen-bond acceptors (Lipinski definition) is 5. The Morgan fingerprint density at radius 3 is 2.27 bits per heavy atom. The van der Waals surface area contributed by atoms with E-state index in [4.69, 9.17) is 14.2 Å². The maximum atomic E-state index is 13.2. The molecule has 2 aromatic rings. The summed E-state index contributed by atoms with van der Waals surface area (Å²) in [7, 11) is 4.55. The number of halogens is 1. The second-order valence-corrected chi connectivity index (χ2v) is 7.89. The zero-order chi connectivity index (χ0) is 23.8. The number of hydrogen-bond donors (Lipinski definition) is 2. The van der Waals surface area contributed by atoms with Crippen molar-refractivity contribution >= 4 is 17.6 Å². The van der Waals surface area contributed by atoms with Gasteiger partial charge >= 0.3 is 6.03 Å². The average Bonchev–Trinajstić information content (AvgIpc) is 2.82. The number of piperidine rings is 1. The minimum Gasteiger partial charge on any atom is -0.493 e. The van der Waals surface area contributed by atoms with Crippen LogP contribution in [0.3, 0.4) is 0 Å². The molecule has 0 radical (unpaired) electrons. The van der Waals surface area contributed by atoms with Crippen molar-refractivity contribution in [2.45, 2.75) is 25.8 Å². The average molecular weight is 460 g/mol. The molecule has 0 unspecified atom stereocenters. The van der Waals surface area contributed by atoms with E-state index in [1.54, 1.807) is 29.2 Å². The fraction of sp³-hybridized carbons (Fsp3) is 0.417. The van der Waals surface area contributed by atoms with E-state index < -0.39 is 0 Å². The number of anilines is 1. The van der Waals surface area contributed by atoms with E-state index in [1.807, 2.05) is 0 Å². The molecular formula is C24H30FN3O5. The summed E-state index contributed by atoms with van der Waals surface area (Å²) >= 11 is 0. The first-order valence-corrected chi connectivity index (χ1v) is 10.8. The van der Waals surface area contributed by atoms with Crippen LogP contribution in [0.1, 0.15) is 24.8 Å². The Morgan fingerprint density at radius 1 is 1.03 bits per heavy atom. The van der Waals surface area contributed by atoms with Gasteiger partial charge in [-0.15, -0.1) is 0 Å². The number of rotatable bonds is 8. The van der Waals surface area contributed by atoms with Crippen molar-refractivity contribution in [2.75, 3.05) is 39.7 Å². The zero-order valence-corrected chi connectivity index (χ0v) is 19.2. The van der Waals surface area contributed by atoms with E-state index in [1.165, 1.54) is 33.5 Å². The van der Waals surface area contributed by atoms with Gasteiger partial charge in [-0.2, -0.15) is 0 Å². The standard InChI is InChI=1S/C24H30FN3O5/c1-31-20-13-19(14-21(32-2)23(20)33-3)27-24(30)28-9-7-16(8-10-28)12-22(29)26-15-17-5-4-6-18(25)11-17/h4-6,11,13-14,16H,7-10,12,15H2,1-3H3,(H,26,29)(H,27,30). The van der Waals surface area contributed by atoms with Gasteiger partial charge in [0.25, 0.3) is 0 Å².